The van der Waals surface area contributed by atoms with Gasteiger partial charge in [-0.25, -0.2) is 0 Å². The van der Waals surface area contributed by atoms with Crippen molar-refractivity contribution in [3.05, 3.63) is 0 Å². The van der Waals surface area contributed by atoms with Crippen LogP contribution in [0.4, 0.5) is 0 Å². The van der Waals surface area contributed by atoms with Crippen molar-refractivity contribution >= 4 is 11.8 Å². The summed E-state index contributed by atoms with van der Waals surface area (Å²) >= 11 is 0. The molecule has 2 rings (SSSR count). The van der Waals surface area contributed by atoms with Crippen LogP contribution in [-0.2, 0) is 9.59 Å². The van der Waals surface area contributed by atoms with Gasteiger partial charge < -0.3 is 16.4 Å². The average molecular weight is 240 g/mol. The molecule has 17 heavy (non-hydrogen) atoms. The Balaban J connectivity index is 1.88. The molecule has 0 spiro atoms. The zero-order valence-corrected chi connectivity index (χ0v) is 9.95. The first-order chi connectivity index (χ1) is 8.22. The Labute approximate surface area is 101 Å². The van der Waals surface area contributed by atoms with Gasteiger partial charge in [0, 0.05) is 25.7 Å². The van der Waals surface area contributed by atoms with Crippen LogP contribution in [0.15, 0.2) is 0 Å². The molecule has 96 valence electrons. The maximum Gasteiger partial charge on any atom is 0.234 e. The van der Waals surface area contributed by atoms with Crippen molar-refractivity contribution < 1.29 is 9.59 Å². The summed E-state index contributed by atoms with van der Waals surface area (Å²) in [5.41, 5.74) is 5.33. The number of nitrogens with two attached hydrogens (primary N) is 1. The number of hydrogen-bond acceptors (Lipinski definition) is 4. The van der Waals surface area contributed by atoms with Gasteiger partial charge in [-0.2, -0.15) is 0 Å². The van der Waals surface area contributed by atoms with E-state index in [0.717, 1.165) is 19.4 Å². The number of likely N-dealkylation sites (tertiary alicyclic amines) is 1. The first-order valence-corrected chi connectivity index (χ1v) is 6.21. The molecule has 2 atom stereocenters. The summed E-state index contributed by atoms with van der Waals surface area (Å²) in [6.45, 7) is 2.91. The van der Waals surface area contributed by atoms with Crippen molar-refractivity contribution in [2.24, 2.45) is 11.7 Å². The van der Waals surface area contributed by atoms with Crippen LogP contribution in [0.2, 0.25) is 0 Å². The maximum atomic E-state index is 11.6. The number of nitrogens with zero attached hydrogens (tertiary/aromatic N) is 1. The van der Waals surface area contributed by atoms with Crippen molar-refractivity contribution in [1.29, 1.82) is 0 Å². The van der Waals surface area contributed by atoms with Gasteiger partial charge in [0.2, 0.25) is 11.8 Å². The van der Waals surface area contributed by atoms with Gasteiger partial charge in [-0.3, -0.25) is 14.5 Å². The topological polar surface area (TPSA) is 87.5 Å². The highest BCUT2D eigenvalue weighted by Gasteiger charge is 2.40. The molecule has 2 amide bonds. The SMILES string of the molecule is NCCNC(=O)CN1CCCC2C(=O)NCC21. The zero-order chi connectivity index (χ0) is 12.3. The number of rotatable bonds is 4. The molecule has 0 aromatic heterocycles. The van der Waals surface area contributed by atoms with E-state index >= 15 is 0 Å². The average Bonchev–Trinajstić information content (AvgIpc) is 2.70. The first kappa shape index (κ1) is 12.3. The van der Waals surface area contributed by atoms with Gasteiger partial charge >= 0.3 is 0 Å². The molecule has 6 heteroatoms. The van der Waals surface area contributed by atoms with E-state index < -0.39 is 0 Å². The normalized spacial score (nSPS) is 28.6. The standard InChI is InChI=1S/C11H20N4O2/c12-3-4-13-10(16)7-15-5-1-2-8-9(15)6-14-11(8)17/h8-9H,1-7,12H2,(H,13,16)(H,14,17). The third kappa shape index (κ3) is 2.76. The van der Waals surface area contributed by atoms with E-state index in [0.29, 0.717) is 26.2 Å². The van der Waals surface area contributed by atoms with E-state index in [9.17, 15) is 9.59 Å². The van der Waals surface area contributed by atoms with Gasteiger partial charge in [0.15, 0.2) is 0 Å². The Morgan fingerprint density at radius 1 is 1.59 bits per heavy atom. The summed E-state index contributed by atoms with van der Waals surface area (Å²) in [5, 5.41) is 5.64. The Bertz CT molecular complexity index is 308. The van der Waals surface area contributed by atoms with E-state index in [1.54, 1.807) is 0 Å². The lowest BCUT2D eigenvalue weighted by atomic mass is 9.91. The quantitative estimate of drug-likeness (QED) is 0.545. The number of amides is 2. The highest BCUT2D eigenvalue weighted by Crippen LogP contribution is 2.26. The molecule has 0 aliphatic carbocycles. The molecule has 2 heterocycles. The first-order valence-electron chi connectivity index (χ1n) is 6.21. The van der Waals surface area contributed by atoms with Crippen LogP contribution in [0.1, 0.15) is 12.8 Å². The fraction of sp³-hybridized carbons (Fsp3) is 0.818. The molecule has 6 nitrogen and oxygen atoms in total. The Hall–Kier alpha value is -1.14. The Kier molecular flexibility index (Phi) is 3.96. The van der Waals surface area contributed by atoms with E-state index in [1.807, 2.05) is 0 Å². The van der Waals surface area contributed by atoms with Gasteiger partial charge in [0.1, 0.15) is 0 Å². The van der Waals surface area contributed by atoms with Crippen LogP contribution < -0.4 is 16.4 Å². The second-order valence-corrected chi connectivity index (χ2v) is 4.67. The number of nitrogens with one attached hydrogen (secondary N) is 2. The molecule has 0 aromatic carbocycles. The van der Waals surface area contributed by atoms with Crippen LogP contribution in [0, 0.1) is 5.92 Å². The van der Waals surface area contributed by atoms with E-state index in [4.69, 9.17) is 5.73 Å². The smallest absolute Gasteiger partial charge is 0.234 e. The van der Waals surface area contributed by atoms with Gasteiger partial charge in [0.25, 0.3) is 0 Å². The summed E-state index contributed by atoms with van der Waals surface area (Å²) in [6, 6.07) is 0.194. The molecular formula is C11H20N4O2. The highest BCUT2D eigenvalue weighted by molar-refractivity contribution is 5.82. The number of carbonyl (C=O) groups is 2. The van der Waals surface area contributed by atoms with Crippen LogP contribution in [-0.4, -0.2) is 55.5 Å². The van der Waals surface area contributed by atoms with E-state index in [-0.39, 0.29) is 23.8 Å². The van der Waals surface area contributed by atoms with Crippen molar-refractivity contribution in [3.8, 4) is 0 Å². The minimum Gasteiger partial charge on any atom is -0.354 e. The number of hydrogen-bond donors (Lipinski definition) is 3. The molecule has 0 bridgehead atoms. The molecule has 2 saturated heterocycles. The summed E-state index contributed by atoms with van der Waals surface area (Å²) < 4.78 is 0. The van der Waals surface area contributed by atoms with Crippen molar-refractivity contribution in [3.63, 3.8) is 0 Å². The third-order valence-electron chi connectivity index (χ3n) is 3.53. The second-order valence-electron chi connectivity index (χ2n) is 4.67. The fourth-order valence-electron chi connectivity index (χ4n) is 2.69. The van der Waals surface area contributed by atoms with E-state index in [2.05, 4.69) is 15.5 Å². The molecule has 2 aliphatic rings. The predicted octanol–water partition coefficient (Wildman–Crippen LogP) is -1.73. The lowest BCUT2D eigenvalue weighted by Gasteiger charge is -2.35. The fourth-order valence-corrected chi connectivity index (χ4v) is 2.69. The number of carbonyl (C=O) groups excluding carboxylic acids is 2. The molecule has 4 N–H and O–H groups in total. The molecule has 0 radical (unpaired) electrons. The van der Waals surface area contributed by atoms with Gasteiger partial charge in [-0.1, -0.05) is 0 Å². The summed E-state index contributed by atoms with van der Waals surface area (Å²) in [6.07, 6.45) is 1.93. The maximum absolute atomic E-state index is 11.6. The van der Waals surface area contributed by atoms with Crippen LogP contribution in [0.25, 0.3) is 0 Å². The molecule has 0 saturated carbocycles. The van der Waals surface area contributed by atoms with Gasteiger partial charge in [-0.05, 0) is 19.4 Å². The highest BCUT2D eigenvalue weighted by atomic mass is 16.2. The second kappa shape index (κ2) is 5.46. The molecule has 2 unspecified atom stereocenters. The largest absolute Gasteiger partial charge is 0.354 e. The summed E-state index contributed by atoms with van der Waals surface area (Å²) in [5.74, 6) is 0.212. The minimum absolute atomic E-state index is 0.00421. The summed E-state index contributed by atoms with van der Waals surface area (Å²) in [7, 11) is 0. The zero-order valence-electron chi connectivity index (χ0n) is 9.95. The number of piperidine rings is 1. The monoisotopic (exact) mass is 240 g/mol. The number of fused-ring (bicyclic) bond motifs is 1. The lowest BCUT2D eigenvalue weighted by Crippen LogP contribution is -2.50. The molecule has 2 fully saturated rings. The Morgan fingerprint density at radius 2 is 2.41 bits per heavy atom. The molecule has 2 aliphatic heterocycles. The minimum atomic E-state index is -0.00421. The summed E-state index contributed by atoms with van der Waals surface area (Å²) in [4.78, 5) is 25.3. The van der Waals surface area contributed by atoms with Crippen molar-refractivity contribution in [1.82, 2.24) is 15.5 Å². The third-order valence-corrected chi connectivity index (χ3v) is 3.53. The van der Waals surface area contributed by atoms with Crippen molar-refractivity contribution in [2.45, 2.75) is 18.9 Å². The van der Waals surface area contributed by atoms with Crippen molar-refractivity contribution in [2.75, 3.05) is 32.7 Å². The van der Waals surface area contributed by atoms with Crippen LogP contribution in [0.5, 0.6) is 0 Å². The lowest BCUT2D eigenvalue weighted by molar-refractivity contribution is -0.127. The van der Waals surface area contributed by atoms with Gasteiger partial charge in [-0.15, -0.1) is 0 Å². The Morgan fingerprint density at radius 3 is 3.18 bits per heavy atom. The van der Waals surface area contributed by atoms with Crippen LogP contribution in [0.3, 0.4) is 0 Å². The van der Waals surface area contributed by atoms with E-state index in [1.165, 1.54) is 0 Å². The van der Waals surface area contributed by atoms with Crippen LogP contribution >= 0.6 is 0 Å². The molecular weight excluding hydrogens is 220 g/mol. The predicted molar refractivity (Wildman–Crippen MR) is 63.2 cm³/mol. The van der Waals surface area contributed by atoms with Gasteiger partial charge in [0.05, 0.1) is 12.5 Å². The molecule has 0 aromatic rings.